The minimum Gasteiger partial charge on any atom is -0.393 e. The molecule has 0 rings (SSSR count). The summed E-state index contributed by atoms with van der Waals surface area (Å²) in [6.07, 6.45) is 12.6. The van der Waals surface area contributed by atoms with Crippen molar-refractivity contribution in [1.82, 2.24) is 0 Å². The molecule has 0 aliphatic rings. The third-order valence-corrected chi connectivity index (χ3v) is 4.42. The summed E-state index contributed by atoms with van der Waals surface area (Å²) in [6, 6.07) is 0. The molecule has 2 nitrogen and oxygen atoms in total. The van der Waals surface area contributed by atoms with Crippen molar-refractivity contribution in [3.05, 3.63) is 36.0 Å². The third-order valence-electron chi connectivity index (χ3n) is 4.42. The maximum atomic E-state index is 10.1. The number of aliphatic hydroxyl groups excluding tert-OH is 2. The second-order valence-electron chi connectivity index (χ2n) is 6.60. The molecule has 0 radical (unpaired) electrons. The molecule has 0 heterocycles. The summed E-state index contributed by atoms with van der Waals surface area (Å²) in [5, 5.41) is 19.8. The Morgan fingerprint density at radius 1 is 1.00 bits per heavy atom. The Morgan fingerprint density at radius 2 is 1.64 bits per heavy atom. The van der Waals surface area contributed by atoms with Crippen molar-refractivity contribution in [3.63, 3.8) is 0 Å². The van der Waals surface area contributed by atoms with Crippen molar-refractivity contribution >= 4 is 0 Å². The van der Waals surface area contributed by atoms with Gasteiger partial charge in [-0.2, -0.15) is 0 Å². The molecule has 22 heavy (non-hydrogen) atoms. The van der Waals surface area contributed by atoms with E-state index in [1.807, 2.05) is 32.9 Å². The van der Waals surface area contributed by atoms with E-state index in [2.05, 4.69) is 39.0 Å². The molecule has 5 unspecified atom stereocenters. The predicted octanol–water partition coefficient (Wildman–Crippen LogP) is 4.89. The van der Waals surface area contributed by atoms with Gasteiger partial charge < -0.3 is 10.2 Å². The average Bonchev–Trinajstić information content (AvgIpc) is 2.51. The summed E-state index contributed by atoms with van der Waals surface area (Å²) in [4.78, 5) is 0. The van der Waals surface area contributed by atoms with Gasteiger partial charge in [-0.15, -0.1) is 0 Å². The van der Waals surface area contributed by atoms with Gasteiger partial charge in [-0.1, -0.05) is 71.4 Å². The molecule has 0 bridgehead atoms. The second-order valence-corrected chi connectivity index (χ2v) is 6.60. The lowest BCUT2D eigenvalue weighted by Gasteiger charge is -2.17. The Bertz CT molecular complexity index is 368. The van der Waals surface area contributed by atoms with Gasteiger partial charge in [-0.25, -0.2) is 0 Å². The Balaban J connectivity index is 4.31. The lowest BCUT2D eigenvalue weighted by Crippen LogP contribution is -2.17. The van der Waals surface area contributed by atoms with E-state index in [1.165, 1.54) is 0 Å². The summed E-state index contributed by atoms with van der Waals surface area (Å²) >= 11 is 0. The molecule has 0 fully saturated rings. The molecular formula is C20H36O2. The van der Waals surface area contributed by atoms with Crippen LogP contribution in [0.15, 0.2) is 36.0 Å². The minimum atomic E-state index is -0.346. The first-order chi connectivity index (χ1) is 10.3. The van der Waals surface area contributed by atoms with Crippen LogP contribution in [-0.2, 0) is 0 Å². The Labute approximate surface area is 137 Å². The molecule has 0 amide bonds. The first kappa shape index (κ1) is 21.1. The van der Waals surface area contributed by atoms with E-state index in [0.29, 0.717) is 11.8 Å². The Kier molecular flexibility index (Phi) is 11.2. The van der Waals surface area contributed by atoms with Gasteiger partial charge in [-0.3, -0.25) is 0 Å². The first-order valence-corrected chi connectivity index (χ1v) is 8.71. The van der Waals surface area contributed by atoms with Crippen molar-refractivity contribution in [2.45, 2.75) is 73.0 Å². The van der Waals surface area contributed by atoms with E-state index in [4.69, 9.17) is 0 Å². The Hall–Kier alpha value is -0.860. The molecule has 2 heteroatoms. The molecule has 0 aromatic rings. The van der Waals surface area contributed by atoms with Gasteiger partial charge in [0.25, 0.3) is 0 Å². The summed E-state index contributed by atoms with van der Waals surface area (Å²) in [5.74, 6) is 0.970. The van der Waals surface area contributed by atoms with Crippen molar-refractivity contribution < 1.29 is 10.2 Å². The fourth-order valence-electron chi connectivity index (χ4n) is 2.25. The zero-order chi connectivity index (χ0) is 17.1. The lowest BCUT2D eigenvalue weighted by atomic mass is 9.95. The van der Waals surface area contributed by atoms with Gasteiger partial charge in [0.15, 0.2) is 0 Å². The van der Waals surface area contributed by atoms with Crippen molar-refractivity contribution in [2.75, 3.05) is 0 Å². The van der Waals surface area contributed by atoms with Crippen LogP contribution in [0.1, 0.15) is 60.8 Å². The zero-order valence-corrected chi connectivity index (χ0v) is 15.3. The van der Waals surface area contributed by atoms with Crippen LogP contribution in [0.5, 0.6) is 0 Å². The van der Waals surface area contributed by atoms with Crippen LogP contribution >= 0.6 is 0 Å². The van der Waals surface area contributed by atoms with E-state index in [1.54, 1.807) is 0 Å². The first-order valence-electron chi connectivity index (χ1n) is 8.71. The third kappa shape index (κ3) is 8.55. The maximum absolute atomic E-state index is 10.1. The van der Waals surface area contributed by atoms with E-state index in [9.17, 15) is 10.2 Å². The standard InChI is InChI=1S/C20H36O2/c1-7-16(4)20(22)18(6)14-10-12-15(3)11-9-13-17(5)19(21)8-2/h9-10,12-17,19-22H,7-8,11H2,1-6H3/b12-10+,13-9+,18-14+. The smallest absolute Gasteiger partial charge is 0.0775 e. The Morgan fingerprint density at radius 3 is 2.18 bits per heavy atom. The van der Waals surface area contributed by atoms with Crippen LogP contribution < -0.4 is 0 Å². The molecule has 5 atom stereocenters. The molecule has 0 aromatic carbocycles. The van der Waals surface area contributed by atoms with E-state index >= 15 is 0 Å². The second kappa shape index (κ2) is 11.7. The number of hydrogen-bond acceptors (Lipinski definition) is 2. The number of aliphatic hydroxyl groups is 2. The van der Waals surface area contributed by atoms with Gasteiger partial charge in [0.1, 0.15) is 0 Å². The predicted molar refractivity (Wildman–Crippen MR) is 96.7 cm³/mol. The fraction of sp³-hybridized carbons (Fsp3) is 0.700. The van der Waals surface area contributed by atoms with Gasteiger partial charge in [0, 0.05) is 0 Å². The van der Waals surface area contributed by atoms with Gasteiger partial charge in [0.2, 0.25) is 0 Å². The number of rotatable bonds is 10. The van der Waals surface area contributed by atoms with Gasteiger partial charge in [-0.05, 0) is 43.1 Å². The van der Waals surface area contributed by atoms with Crippen LogP contribution in [0.25, 0.3) is 0 Å². The van der Waals surface area contributed by atoms with E-state index in [0.717, 1.165) is 24.8 Å². The summed E-state index contributed by atoms with van der Waals surface area (Å²) in [5.41, 5.74) is 1.02. The lowest BCUT2D eigenvalue weighted by molar-refractivity contribution is 0.133. The number of allylic oxidation sites excluding steroid dienone is 4. The monoisotopic (exact) mass is 308 g/mol. The molecule has 0 saturated heterocycles. The topological polar surface area (TPSA) is 40.5 Å². The van der Waals surface area contributed by atoms with Crippen molar-refractivity contribution in [2.24, 2.45) is 17.8 Å². The molecule has 0 saturated carbocycles. The van der Waals surface area contributed by atoms with Crippen LogP contribution in [0.2, 0.25) is 0 Å². The molecular weight excluding hydrogens is 272 g/mol. The van der Waals surface area contributed by atoms with Crippen molar-refractivity contribution in [1.29, 1.82) is 0 Å². The molecule has 0 aromatic heterocycles. The highest BCUT2D eigenvalue weighted by Crippen LogP contribution is 2.16. The quantitative estimate of drug-likeness (QED) is 0.446. The van der Waals surface area contributed by atoms with Crippen LogP contribution in [0, 0.1) is 17.8 Å². The molecule has 0 spiro atoms. The van der Waals surface area contributed by atoms with Crippen LogP contribution in [0.3, 0.4) is 0 Å². The highest BCUT2D eigenvalue weighted by atomic mass is 16.3. The van der Waals surface area contributed by atoms with Gasteiger partial charge >= 0.3 is 0 Å². The normalized spacial score (nSPS) is 20.3. The summed E-state index contributed by atoms with van der Waals surface area (Å²) in [6.45, 7) is 12.4. The molecule has 128 valence electrons. The van der Waals surface area contributed by atoms with E-state index in [-0.39, 0.29) is 18.1 Å². The van der Waals surface area contributed by atoms with E-state index < -0.39 is 0 Å². The maximum Gasteiger partial charge on any atom is 0.0775 e. The van der Waals surface area contributed by atoms with Crippen molar-refractivity contribution in [3.8, 4) is 0 Å². The molecule has 0 aliphatic heterocycles. The minimum absolute atomic E-state index is 0.217. The summed E-state index contributed by atoms with van der Waals surface area (Å²) < 4.78 is 0. The average molecular weight is 309 g/mol. The van der Waals surface area contributed by atoms with Crippen LogP contribution in [-0.4, -0.2) is 22.4 Å². The molecule has 0 aliphatic carbocycles. The molecule has 2 N–H and O–H groups in total. The van der Waals surface area contributed by atoms with Crippen LogP contribution in [0.4, 0.5) is 0 Å². The van der Waals surface area contributed by atoms with Gasteiger partial charge in [0.05, 0.1) is 12.2 Å². The highest BCUT2D eigenvalue weighted by molar-refractivity contribution is 5.15. The highest BCUT2D eigenvalue weighted by Gasteiger charge is 2.12. The SMILES string of the molecule is CCC(C)C(O)/C(C)=C/C=C/C(C)C/C=C/C(C)C(O)CC. The summed E-state index contributed by atoms with van der Waals surface area (Å²) in [7, 11) is 0. The fourth-order valence-corrected chi connectivity index (χ4v) is 2.25. The number of hydrogen-bond donors (Lipinski definition) is 2. The largest absolute Gasteiger partial charge is 0.393 e. The zero-order valence-electron chi connectivity index (χ0n) is 15.3.